The molecule has 2 saturated heterocycles. The highest BCUT2D eigenvalue weighted by molar-refractivity contribution is 7.99. The fourth-order valence-corrected chi connectivity index (χ4v) is 4.07. The van der Waals surface area contributed by atoms with Crippen LogP contribution in [0.15, 0.2) is 18.2 Å². The molecule has 0 saturated carbocycles. The summed E-state index contributed by atoms with van der Waals surface area (Å²) in [5.74, 6) is 1.89. The minimum atomic E-state index is -0.444. The third kappa shape index (κ3) is 4.91. The lowest BCUT2D eigenvalue weighted by atomic mass is 10.1. The molecule has 3 rings (SSSR count). The lowest BCUT2D eigenvalue weighted by Crippen LogP contribution is -2.37. The van der Waals surface area contributed by atoms with Crippen molar-refractivity contribution in [3.63, 3.8) is 0 Å². The van der Waals surface area contributed by atoms with Gasteiger partial charge in [0.2, 0.25) is 0 Å². The molecule has 2 heterocycles. The van der Waals surface area contributed by atoms with Crippen molar-refractivity contribution in [3.8, 4) is 0 Å². The molecule has 3 N–H and O–H groups in total. The van der Waals surface area contributed by atoms with Crippen LogP contribution in [0.1, 0.15) is 28.8 Å². The molecule has 6 nitrogen and oxygen atoms in total. The SMILES string of the molecule is Cc1cc(C(=O)N2CCSCC2)ccc1NC(=O)[C@@H]1CC[C@H](CN)O1.Cl. The lowest BCUT2D eigenvalue weighted by molar-refractivity contribution is -0.126. The largest absolute Gasteiger partial charge is 0.364 e. The van der Waals surface area contributed by atoms with Crippen LogP contribution in [0.25, 0.3) is 0 Å². The van der Waals surface area contributed by atoms with E-state index in [1.807, 2.05) is 29.7 Å². The van der Waals surface area contributed by atoms with Gasteiger partial charge in [0.1, 0.15) is 6.10 Å². The molecule has 8 heteroatoms. The van der Waals surface area contributed by atoms with Crippen molar-refractivity contribution in [3.05, 3.63) is 29.3 Å². The molecular formula is C18H26ClN3O3S. The highest BCUT2D eigenvalue weighted by Gasteiger charge is 2.30. The van der Waals surface area contributed by atoms with Crippen LogP contribution in [0.4, 0.5) is 5.69 Å². The molecule has 26 heavy (non-hydrogen) atoms. The van der Waals surface area contributed by atoms with Gasteiger partial charge in [0, 0.05) is 42.4 Å². The average molecular weight is 400 g/mol. The summed E-state index contributed by atoms with van der Waals surface area (Å²) in [6, 6.07) is 5.43. The van der Waals surface area contributed by atoms with Crippen molar-refractivity contribution in [2.24, 2.45) is 5.73 Å². The van der Waals surface area contributed by atoms with E-state index >= 15 is 0 Å². The monoisotopic (exact) mass is 399 g/mol. The summed E-state index contributed by atoms with van der Waals surface area (Å²) in [4.78, 5) is 26.8. The maximum Gasteiger partial charge on any atom is 0.253 e. The van der Waals surface area contributed by atoms with Gasteiger partial charge < -0.3 is 20.7 Å². The van der Waals surface area contributed by atoms with Crippen molar-refractivity contribution in [2.45, 2.75) is 32.0 Å². The van der Waals surface area contributed by atoms with E-state index in [9.17, 15) is 9.59 Å². The number of aryl methyl sites for hydroxylation is 1. The Bertz CT molecular complexity index is 653. The molecule has 2 amide bonds. The molecule has 0 aliphatic carbocycles. The van der Waals surface area contributed by atoms with Crippen LogP contribution in [-0.2, 0) is 9.53 Å². The topological polar surface area (TPSA) is 84.7 Å². The Morgan fingerprint density at radius 1 is 1.31 bits per heavy atom. The van der Waals surface area contributed by atoms with Gasteiger partial charge in [-0.1, -0.05) is 0 Å². The van der Waals surface area contributed by atoms with Crippen molar-refractivity contribution < 1.29 is 14.3 Å². The Morgan fingerprint density at radius 3 is 2.65 bits per heavy atom. The molecule has 1 aromatic rings. The summed E-state index contributed by atoms with van der Waals surface area (Å²) < 4.78 is 5.63. The second-order valence-electron chi connectivity index (χ2n) is 6.48. The van der Waals surface area contributed by atoms with Gasteiger partial charge in [-0.3, -0.25) is 9.59 Å². The Balaban J connectivity index is 0.00000243. The fraction of sp³-hybridized carbons (Fsp3) is 0.556. The van der Waals surface area contributed by atoms with E-state index in [-0.39, 0.29) is 30.3 Å². The van der Waals surface area contributed by atoms with Gasteiger partial charge in [-0.05, 0) is 43.5 Å². The number of hydrogen-bond acceptors (Lipinski definition) is 5. The van der Waals surface area contributed by atoms with E-state index in [4.69, 9.17) is 10.5 Å². The van der Waals surface area contributed by atoms with Gasteiger partial charge in [0.05, 0.1) is 6.10 Å². The van der Waals surface area contributed by atoms with Gasteiger partial charge >= 0.3 is 0 Å². The number of halogens is 1. The van der Waals surface area contributed by atoms with Gasteiger partial charge in [-0.25, -0.2) is 0 Å². The molecule has 2 aliphatic heterocycles. The van der Waals surface area contributed by atoms with Crippen LogP contribution in [-0.4, -0.2) is 60.1 Å². The smallest absolute Gasteiger partial charge is 0.253 e. The van der Waals surface area contributed by atoms with E-state index in [0.29, 0.717) is 18.5 Å². The number of thioether (sulfide) groups is 1. The Labute approximate surface area is 164 Å². The lowest BCUT2D eigenvalue weighted by Gasteiger charge is -2.26. The Kier molecular flexibility index (Phi) is 7.76. The molecule has 0 radical (unpaired) electrons. The number of rotatable bonds is 4. The molecule has 144 valence electrons. The molecule has 0 spiro atoms. The summed E-state index contributed by atoms with van der Waals surface area (Å²) in [5.41, 5.74) is 7.85. The second-order valence-corrected chi connectivity index (χ2v) is 7.71. The van der Waals surface area contributed by atoms with Crippen LogP contribution in [0.5, 0.6) is 0 Å². The minimum absolute atomic E-state index is 0. The van der Waals surface area contributed by atoms with E-state index in [2.05, 4.69) is 5.32 Å². The van der Waals surface area contributed by atoms with Gasteiger partial charge in [-0.2, -0.15) is 11.8 Å². The van der Waals surface area contributed by atoms with Gasteiger partial charge in [0.15, 0.2) is 0 Å². The second kappa shape index (κ2) is 9.60. The Hall–Kier alpha value is -1.28. The average Bonchev–Trinajstić information content (AvgIpc) is 3.13. The summed E-state index contributed by atoms with van der Waals surface area (Å²) in [6.45, 7) is 3.93. The van der Waals surface area contributed by atoms with Crippen LogP contribution >= 0.6 is 24.2 Å². The number of anilines is 1. The van der Waals surface area contributed by atoms with Crippen molar-refractivity contribution >= 4 is 41.7 Å². The predicted octanol–water partition coefficient (Wildman–Crippen LogP) is 2.05. The summed E-state index contributed by atoms with van der Waals surface area (Å²) in [5, 5.41) is 2.91. The molecule has 2 atom stereocenters. The first-order valence-corrected chi connectivity index (χ1v) is 9.88. The van der Waals surface area contributed by atoms with Crippen molar-refractivity contribution in [1.82, 2.24) is 4.90 Å². The van der Waals surface area contributed by atoms with E-state index in [1.165, 1.54) is 0 Å². The number of benzene rings is 1. The highest BCUT2D eigenvalue weighted by Crippen LogP contribution is 2.23. The third-order valence-electron chi connectivity index (χ3n) is 4.69. The third-order valence-corrected chi connectivity index (χ3v) is 5.63. The summed E-state index contributed by atoms with van der Waals surface area (Å²) in [7, 11) is 0. The number of nitrogens with two attached hydrogens (primary N) is 1. The number of amides is 2. The first-order valence-electron chi connectivity index (χ1n) is 8.72. The normalized spacial score (nSPS) is 22.6. The Morgan fingerprint density at radius 2 is 2.04 bits per heavy atom. The standard InChI is InChI=1S/C18H25N3O3S.ClH/c1-12-10-13(18(23)21-6-8-25-9-7-21)2-4-15(12)20-17(22)16-5-3-14(11-19)24-16;/h2,4,10,14,16H,3,5-9,11,19H2,1H3,(H,20,22);1H/t14-,16+;/m1./s1. The molecule has 0 unspecified atom stereocenters. The molecule has 0 bridgehead atoms. The van der Waals surface area contributed by atoms with Crippen LogP contribution < -0.4 is 11.1 Å². The molecule has 1 aromatic carbocycles. The number of hydrogen-bond donors (Lipinski definition) is 2. The predicted molar refractivity (Wildman–Crippen MR) is 107 cm³/mol. The maximum absolute atomic E-state index is 12.6. The summed E-state index contributed by atoms with van der Waals surface area (Å²) >= 11 is 1.88. The van der Waals surface area contributed by atoms with E-state index in [0.717, 1.165) is 42.3 Å². The first-order chi connectivity index (χ1) is 12.1. The number of carbonyl (C=O) groups is 2. The zero-order valence-corrected chi connectivity index (χ0v) is 16.5. The summed E-state index contributed by atoms with van der Waals surface area (Å²) in [6.07, 6.45) is 1.03. The van der Waals surface area contributed by atoms with E-state index in [1.54, 1.807) is 12.1 Å². The minimum Gasteiger partial charge on any atom is -0.364 e. The van der Waals surface area contributed by atoms with Crippen molar-refractivity contribution in [2.75, 3.05) is 36.5 Å². The maximum atomic E-state index is 12.6. The molecular weight excluding hydrogens is 374 g/mol. The highest BCUT2D eigenvalue weighted by atomic mass is 35.5. The molecule has 2 aliphatic rings. The van der Waals surface area contributed by atoms with E-state index < -0.39 is 6.10 Å². The number of carbonyl (C=O) groups excluding carboxylic acids is 2. The van der Waals surface area contributed by atoms with Crippen LogP contribution in [0.3, 0.4) is 0 Å². The van der Waals surface area contributed by atoms with Crippen LogP contribution in [0, 0.1) is 6.92 Å². The van der Waals surface area contributed by atoms with Crippen LogP contribution in [0.2, 0.25) is 0 Å². The zero-order valence-electron chi connectivity index (χ0n) is 14.9. The number of ether oxygens (including phenoxy) is 1. The fourth-order valence-electron chi connectivity index (χ4n) is 3.17. The van der Waals surface area contributed by atoms with Crippen molar-refractivity contribution in [1.29, 1.82) is 0 Å². The number of nitrogens with one attached hydrogen (secondary N) is 1. The van der Waals surface area contributed by atoms with Gasteiger partial charge in [0.25, 0.3) is 11.8 Å². The molecule has 0 aromatic heterocycles. The first kappa shape index (κ1) is 21.0. The number of nitrogens with zero attached hydrogens (tertiary/aromatic N) is 1. The van der Waals surface area contributed by atoms with Gasteiger partial charge in [-0.15, -0.1) is 12.4 Å². The quantitative estimate of drug-likeness (QED) is 0.809. The zero-order chi connectivity index (χ0) is 17.8. The molecule has 2 fully saturated rings.